The Kier molecular flexibility index (Phi) is 5.79. The van der Waals surface area contributed by atoms with Crippen molar-refractivity contribution in [2.24, 2.45) is 0 Å². The van der Waals surface area contributed by atoms with Crippen molar-refractivity contribution >= 4 is 17.5 Å². The maximum atomic E-state index is 4.80. The fourth-order valence-electron chi connectivity index (χ4n) is 2.95. The third-order valence-corrected chi connectivity index (χ3v) is 4.32. The fourth-order valence-corrected chi connectivity index (χ4v) is 2.95. The van der Waals surface area contributed by atoms with E-state index in [1.54, 1.807) is 6.20 Å². The number of aryl methyl sites for hydroxylation is 1. The van der Waals surface area contributed by atoms with E-state index in [9.17, 15) is 0 Å². The van der Waals surface area contributed by atoms with Crippen LogP contribution < -0.4 is 9.80 Å². The predicted molar refractivity (Wildman–Crippen MR) is 107 cm³/mol. The number of hydrogen-bond acceptors (Lipinski definition) is 5. The van der Waals surface area contributed by atoms with Crippen LogP contribution in [0.4, 0.5) is 17.5 Å². The van der Waals surface area contributed by atoms with Crippen LogP contribution in [0.1, 0.15) is 25.0 Å². The smallest absolute Gasteiger partial charge is 0.247 e. The van der Waals surface area contributed by atoms with E-state index in [0.717, 1.165) is 31.1 Å². The lowest BCUT2D eigenvalue weighted by molar-refractivity contribution is 0.765. The molecule has 0 radical (unpaired) electrons. The summed E-state index contributed by atoms with van der Waals surface area (Å²) in [5.74, 6) is 1.47. The summed E-state index contributed by atoms with van der Waals surface area (Å²) in [5.41, 5.74) is 3.57. The lowest BCUT2D eigenvalue weighted by Crippen LogP contribution is -2.26. The molecule has 0 saturated carbocycles. The van der Waals surface area contributed by atoms with Crippen molar-refractivity contribution in [2.45, 2.75) is 27.3 Å². The van der Waals surface area contributed by atoms with Crippen molar-refractivity contribution in [3.63, 3.8) is 0 Å². The van der Waals surface area contributed by atoms with Gasteiger partial charge in [-0.3, -0.25) is 0 Å². The van der Waals surface area contributed by atoms with E-state index in [2.05, 4.69) is 89.3 Å². The highest BCUT2D eigenvalue weighted by Gasteiger charge is 2.14. The zero-order valence-corrected chi connectivity index (χ0v) is 15.6. The minimum absolute atomic E-state index is 0.653. The SMILES string of the molecule is CCN(Cc1ccccc1)c1nncc(N(CC)c2cccc(C)c2)n1. The second kappa shape index (κ2) is 8.43. The molecule has 1 aromatic heterocycles. The van der Waals surface area contributed by atoms with Gasteiger partial charge >= 0.3 is 0 Å². The Balaban J connectivity index is 1.88. The van der Waals surface area contributed by atoms with E-state index in [1.807, 2.05) is 6.07 Å². The van der Waals surface area contributed by atoms with E-state index in [0.29, 0.717) is 5.95 Å². The van der Waals surface area contributed by atoms with Crippen LogP contribution >= 0.6 is 0 Å². The van der Waals surface area contributed by atoms with Gasteiger partial charge in [-0.15, -0.1) is 5.10 Å². The molecule has 5 heteroatoms. The van der Waals surface area contributed by atoms with Gasteiger partial charge in [-0.1, -0.05) is 42.5 Å². The van der Waals surface area contributed by atoms with Crippen LogP contribution in [0, 0.1) is 6.92 Å². The quantitative estimate of drug-likeness (QED) is 0.635. The van der Waals surface area contributed by atoms with E-state index < -0.39 is 0 Å². The maximum Gasteiger partial charge on any atom is 0.247 e. The lowest BCUT2D eigenvalue weighted by Gasteiger charge is -2.25. The first-order valence-corrected chi connectivity index (χ1v) is 9.04. The van der Waals surface area contributed by atoms with Crippen molar-refractivity contribution in [1.82, 2.24) is 15.2 Å². The summed E-state index contributed by atoms with van der Waals surface area (Å²) in [7, 11) is 0. The highest BCUT2D eigenvalue weighted by Crippen LogP contribution is 2.25. The summed E-state index contributed by atoms with van der Waals surface area (Å²) >= 11 is 0. The van der Waals surface area contributed by atoms with Gasteiger partial charge in [-0.05, 0) is 44.0 Å². The molecule has 0 saturated heterocycles. The molecule has 0 fully saturated rings. The molecule has 0 N–H and O–H groups in total. The molecule has 0 unspecified atom stereocenters. The second-order valence-corrected chi connectivity index (χ2v) is 6.20. The van der Waals surface area contributed by atoms with Crippen LogP contribution in [0.25, 0.3) is 0 Å². The third kappa shape index (κ3) is 4.17. The van der Waals surface area contributed by atoms with Gasteiger partial charge in [0.1, 0.15) is 0 Å². The third-order valence-electron chi connectivity index (χ3n) is 4.32. The number of nitrogens with zero attached hydrogens (tertiary/aromatic N) is 5. The Hall–Kier alpha value is -2.95. The molecule has 0 atom stereocenters. The normalized spacial score (nSPS) is 10.6. The fraction of sp³-hybridized carbons (Fsp3) is 0.286. The number of rotatable bonds is 7. The molecular weight excluding hydrogens is 322 g/mol. The van der Waals surface area contributed by atoms with E-state index >= 15 is 0 Å². The van der Waals surface area contributed by atoms with Crippen LogP contribution in [-0.4, -0.2) is 28.3 Å². The summed E-state index contributed by atoms with van der Waals surface area (Å²) in [4.78, 5) is 9.08. The van der Waals surface area contributed by atoms with Gasteiger partial charge in [0, 0.05) is 25.3 Å². The average Bonchev–Trinajstić information content (AvgIpc) is 2.68. The van der Waals surface area contributed by atoms with E-state index in [4.69, 9.17) is 4.98 Å². The standard InChI is InChI=1S/C21H25N5/c1-4-25(16-18-11-7-6-8-12-18)21-23-20(15-22-24-21)26(5-2)19-13-9-10-17(3)14-19/h6-15H,4-5,16H2,1-3H3. The van der Waals surface area contributed by atoms with Crippen molar-refractivity contribution in [3.8, 4) is 0 Å². The first-order chi connectivity index (χ1) is 12.7. The summed E-state index contributed by atoms with van der Waals surface area (Å²) in [6, 6.07) is 18.8. The van der Waals surface area contributed by atoms with Crippen molar-refractivity contribution < 1.29 is 0 Å². The Bertz CT molecular complexity index is 835. The van der Waals surface area contributed by atoms with Crippen LogP contribution in [0.3, 0.4) is 0 Å². The summed E-state index contributed by atoms with van der Waals surface area (Å²) in [6.07, 6.45) is 1.73. The first-order valence-electron chi connectivity index (χ1n) is 9.04. The Morgan fingerprint density at radius 1 is 0.923 bits per heavy atom. The summed E-state index contributed by atoms with van der Waals surface area (Å²) in [6.45, 7) is 8.71. The van der Waals surface area contributed by atoms with Gasteiger partial charge in [0.2, 0.25) is 5.95 Å². The number of hydrogen-bond donors (Lipinski definition) is 0. The second-order valence-electron chi connectivity index (χ2n) is 6.20. The molecule has 5 nitrogen and oxygen atoms in total. The molecular formula is C21H25N5. The van der Waals surface area contributed by atoms with Crippen LogP contribution in [0.2, 0.25) is 0 Å². The van der Waals surface area contributed by atoms with Crippen molar-refractivity contribution in [3.05, 3.63) is 71.9 Å². The summed E-state index contributed by atoms with van der Waals surface area (Å²) < 4.78 is 0. The van der Waals surface area contributed by atoms with Gasteiger partial charge in [0.05, 0.1) is 6.20 Å². The topological polar surface area (TPSA) is 45.2 Å². The zero-order valence-electron chi connectivity index (χ0n) is 15.6. The highest BCUT2D eigenvalue weighted by molar-refractivity contribution is 5.60. The predicted octanol–water partition coefficient (Wildman–Crippen LogP) is 4.36. The Labute approximate surface area is 155 Å². The molecule has 3 rings (SSSR count). The molecule has 1 heterocycles. The molecule has 0 aliphatic carbocycles. The highest BCUT2D eigenvalue weighted by atomic mass is 15.3. The van der Waals surface area contributed by atoms with Gasteiger partial charge in [0.15, 0.2) is 5.82 Å². The molecule has 3 aromatic rings. The molecule has 134 valence electrons. The lowest BCUT2D eigenvalue weighted by atomic mass is 10.2. The van der Waals surface area contributed by atoms with Gasteiger partial charge in [0.25, 0.3) is 0 Å². The number of benzene rings is 2. The maximum absolute atomic E-state index is 4.80. The Morgan fingerprint density at radius 3 is 2.42 bits per heavy atom. The molecule has 0 bridgehead atoms. The largest absolute Gasteiger partial charge is 0.335 e. The van der Waals surface area contributed by atoms with Crippen LogP contribution in [0.5, 0.6) is 0 Å². The monoisotopic (exact) mass is 347 g/mol. The summed E-state index contributed by atoms with van der Waals surface area (Å²) in [5, 5.41) is 8.49. The van der Waals surface area contributed by atoms with Crippen molar-refractivity contribution in [2.75, 3.05) is 22.9 Å². The minimum atomic E-state index is 0.653. The Morgan fingerprint density at radius 2 is 1.73 bits per heavy atom. The number of anilines is 3. The van der Waals surface area contributed by atoms with Gasteiger partial charge in [-0.25, -0.2) is 0 Å². The van der Waals surface area contributed by atoms with Gasteiger partial charge < -0.3 is 9.80 Å². The van der Waals surface area contributed by atoms with Crippen molar-refractivity contribution in [1.29, 1.82) is 0 Å². The molecule has 0 spiro atoms. The minimum Gasteiger partial charge on any atom is -0.335 e. The first kappa shape index (κ1) is 17.9. The molecule has 0 aliphatic heterocycles. The molecule has 0 amide bonds. The number of aromatic nitrogens is 3. The van der Waals surface area contributed by atoms with Gasteiger partial charge in [-0.2, -0.15) is 10.1 Å². The average molecular weight is 347 g/mol. The van der Waals surface area contributed by atoms with E-state index in [-0.39, 0.29) is 0 Å². The zero-order chi connectivity index (χ0) is 18.4. The molecule has 2 aromatic carbocycles. The van der Waals surface area contributed by atoms with E-state index in [1.165, 1.54) is 11.1 Å². The molecule has 26 heavy (non-hydrogen) atoms. The van der Waals surface area contributed by atoms with Crippen LogP contribution in [-0.2, 0) is 6.54 Å². The van der Waals surface area contributed by atoms with Crippen LogP contribution in [0.15, 0.2) is 60.8 Å². The molecule has 0 aliphatic rings.